The van der Waals surface area contributed by atoms with Crippen molar-refractivity contribution < 1.29 is 4.52 Å². The standard InChI is InChI=1S/C12H15BrN4O/c1-12(2,3)15-7-10-16-11(17-18-10)9-5-4-8(13)6-14-9/h4-6,15H,7H2,1-3H3. The Labute approximate surface area is 114 Å². The summed E-state index contributed by atoms with van der Waals surface area (Å²) in [6.45, 7) is 6.80. The molecule has 0 radical (unpaired) electrons. The Balaban J connectivity index is 2.08. The molecule has 5 nitrogen and oxygen atoms in total. The zero-order valence-corrected chi connectivity index (χ0v) is 12.2. The molecule has 0 spiro atoms. The Morgan fingerprint density at radius 1 is 1.33 bits per heavy atom. The highest BCUT2D eigenvalue weighted by Crippen LogP contribution is 2.16. The van der Waals surface area contributed by atoms with Gasteiger partial charge in [-0.25, -0.2) is 0 Å². The predicted molar refractivity (Wildman–Crippen MR) is 71.8 cm³/mol. The molecular formula is C12H15BrN4O. The zero-order chi connectivity index (χ0) is 13.2. The number of aromatic nitrogens is 3. The third-order valence-corrected chi connectivity index (χ3v) is 2.66. The maximum Gasteiger partial charge on any atom is 0.240 e. The van der Waals surface area contributed by atoms with Gasteiger partial charge >= 0.3 is 0 Å². The van der Waals surface area contributed by atoms with Crippen molar-refractivity contribution in [1.29, 1.82) is 0 Å². The first kappa shape index (κ1) is 13.2. The van der Waals surface area contributed by atoms with Crippen LogP contribution in [0.3, 0.4) is 0 Å². The fourth-order valence-corrected chi connectivity index (χ4v) is 1.51. The van der Waals surface area contributed by atoms with E-state index in [9.17, 15) is 0 Å². The highest BCUT2D eigenvalue weighted by Gasteiger charge is 2.13. The van der Waals surface area contributed by atoms with Crippen LogP contribution >= 0.6 is 15.9 Å². The van der Waals surface area contributed by atoms with Gasteiger partial charge in [-0.15, -0.1) is 0 Å². The quantitative estimate of drug-likeness (QED) is 0.944. The van der Waals surface area contributed by atoms with Crippen LogP contribution in [0, 0.1) is 0 Å². The molecule has 18 heavy (non-hydrogen) atoms. The summed E-state index contributed by atoms with van der Waals surface area (Å²) in [6.07, 6.45) is 1.71. The smallest absolute Gasteiger partial charge is 0.240 e. The third kappa shape index (κ3) is 3.61. The van der Waals surface area contributed by atoms with E-state index in [0.717, 1.165) is 4.47 Å². The Hall–Kier alpha value is -1.27. The normalized spacial score (nSPS) is 11.8. The van der Waals surface area contributed by atoms with Crippen molar-refractivity contribution in [2.45, 2.75) is 32.9 Å². The average Bonchev–Trinajstić information content (AvgIpc) is 2.75. The van der Waals surface area contributed by atoms with E-state index in [0.29, 0.717) is 24.0 Å². The fraction of sp³-hybridized carbons (Fsp3) is 0.417. The van der Waals surface area contributed by atoms with Gasteiger partial charge < -0.3 is 9.84 Å². The van der Waals surface area contributed by atoms with Crippen LogP contribution in [0.15, 0.2) is 27.3 Å². The molecule has 0 aromatic carbocycles. The van der Waals surface area contributed by atoms with Gasteiger partial charge in [0.25, 0.3) is 0 Å². The first-order valence-corrected chi connectivity index (χ1v) is 6.43. The van der Waals surface area contributed by atoms with E-state index in [1.807, 2.05) is 12.1 Å². The summed E-state index contributed by atoms with van der Waals surface area (Å²) in [5.74, 6) is 1.07. The molecule has 1 N–H and O–H groups in total. The summed E-state index contributed by atoms with van der Waals surface area (Å²) >= 11 is 3.33. The Bertz CT molecular complexity index is 516. The maximum absolute atomic E-state index is 5.17. The second kappa shape index (κ2) is 5.16. The van der Waals surface area contributed by atoms with Gasteiger partial charge in [0, 0.05) is 16.2 Å². The summed E-state index contributed by atoms with van der Waals surface area (Å²) in [7, 11) is 0. The molecule has 96 valence electrons. The Kier molecular flexibility index (Phi) is 3.77. The van der Waals surface area contributed by atoms with Crippen molar-refractivity contribution in [2.75, 3.05) is 0 Å². The molecule has 2 heterocycles. The molecule has 2 rings (SSSR count). The zero-order valence-electron chi connectivity index (χ0n) is 10.6. The lowest BCUT2D eigenvalue weighted by molar-refractivity contribution is 0.336. The molecular weight excluding hydrogens is 296 g/mol. The first-order valence-electron chi connectivity index (χ1n) is 5.63. The van der Waals surface area contributed by atoms with Gasteiger partial charge in [0.15, 0.2) is 0 Å². The molecule has 0 saturated carbocycles. The minimum absolute atomic E-state index is 0.0183. The number of halogens is 1. The van der Waals surface area contributed by atoms with Gasteiger partial charge in [-0.3, -0.25) is 4.98 Å². The van der Waals surface area contributed by atoms with E-state index in [4.69, 9.17) is 4.52 Å². The molecule has 0 atom stereocenters. The maximum atomic E-state index is 5.17. The van der Waals surface area contributed by atoms with Gasteiger partial charge in [-0.1, -0.05) is 5.16 Å². The second-order valence-corrected chi connectivity index (χ2v) is 5.89. The van der Waals surface area contributed by atoms with Gasteiger partial charge in [-0.2, -0.15) is 4.98 Å². The summed E-state index contributed by atoms with van der Waals surface area (Å²) in [4.78, 5) is 8.51. The van der Waals surface area contributed by atoms with E-state index in [2.05, 4.69) is 57.1 Å². The minimum Gasteiger partial charge on any atom is -0.337 e. The van der Waals surface area contributed by atoms with Crippen molar-refractivity contribution in [3.8, 4) is 11.5 Å². The van der Waals surface area contributed by atoms with E-state index < -0.39 is 0 Å². The van der Waals surface area contributed by atoms with Crippen LogP contribution in [0.25, 0.3) is 11.5 Å². The number of hydrogen-bond acceptors (Lipinski definition) is 5. The van der Waals surface area contributed by atoms with Crippen LogP contribution in [-0.2, 0) is 6.54 Å². The predicted octanol–water partition coefficient (Wildman–Crippen LogP) is 2.78. The molecule has 2 aromatic rings. The molecule has 6 heteroatoms. The SMILES string of the molecule is CC(C)(C)NCc1nc(-c2ccc(Br)cn2)no1. The largest absolute Gasteiger partial charge is 0.337 e. The van der Waals surface area contributed by atoms with Crippen LogP contribution < -0.4 is 5.32 Å². The highest BCUT2D eigenvalue weighted by molar-refractivity contribution is 9.10. The van der Waals surface area contributed by atoms with Gasteiger partial charge in [0.05, 0.1) is 6.54 Å². The van der Waals surface area contributed by atoms with Crippen molar-refractivity contribution in [3.63, 3.8) is 0 Å². The number of pyridine rings is 1. The van der Waals surface area contributed by atoms with Crippen LogP contribution in [0.1, 0.15) is 26.7 Å². The molecule has 0 fully saturated rings. The summed E-state index contributed by atoms with van der Waals surface area (Å²) in [5, 5.41) is 7.20. The van der Waals surface area contributed by atoms with Crippen molar-refractivity contribution in [3.05, 3.63) is 28.7 Å². The van der Waals surface area contributed by atoms with Crippen molar-refractivity contribution in [2.24, 2.45) is 0 Å². The molecule has 0 saturated heterocycles. The number of nitrogens with zero attached hydrogens (tertiary/aromatic N) is 3. The molecule has 0 unspecified atom stereocenters. The highest BCUT2D eigenvalue weighted by atomic mass is 79.9. The fourth-order valence-electron chi connectivity index (χ4n) is 1.28. The van der Waals surface area contributed by atoms with E-state index in [1.54, 1.807) is 6.20 Å². The molecule has 0 aliphatic rings. The van der Waals surface area contributed by atoms with E-state index in [1.165, 1.54) is 0 Å². The van der Waals surface area contributed by atoms with Crippen LogP contribution in [0.4, 0.5) is 0 Å². The van der Waals surface area contributed by atoms with Crippen molar-refractivity contribution in [1.82, 2.24) is 20.4 Å². The average molecular weight is 311 g/mol. The van der Waals surface area contributed by atoms with Gasteiger partial charge in [0.2, 0.25) is 11.7 Å². The number of hydrogen-bond donors (Lipinski definition) is 1. The lowest BCUT2D eigenvalue weighted by Crippen LogP contribution is -2.35. The molecule has 0 aliphatic heterocycles. The summed E-state index contributed by atoms with van der Waals surface area (Å²) in [6, 6.07) is 3.74. The molecule has 0 bridgehead atoms. The lowest BCUT2D eigenvalue weighted by Gasteiger charge is -2.18. The summed E-state index contributed by atoms with van der Waals surface area (Å²) in [5.41, 5.74) is 0.716. The van der Waals surface area contributed by atoms with Crippen molar-refractivity contribution >= 4 is 15.9 Å². The third-order valence-electron chi connectivity index (χ3n) is 2.19. The molecule has 0 amide bonds. The van der Waals surface area contributed by atoms with Crippen LogP contribution in [0.2, 0.25) is 0 Å². The monoisotopic (exact) mass is 310 g/mol. The number of rotatable bonds is 3. The Morgan fingerprint density at radius 2 is 2.11 bits per heavy atom. The van der Waals surface area contributed by atoms with E-state index in [-0.39, 0.29) is 5.54 Å². The number of nitrogens with one attached hydrogen (secondary N) is 1. The molecule has 2 aromatic heterocycles. The second-order valence-electron chi connectivity index (χ2n) is 4.98. The van der Waals surface area contributed by atoms with Gasteiger partial charge in [0.1, 0.15) is 5.69 Å². The topological polar surface area (TPSA) is 63.8 Å². The first-order chi connectivity index (χ1) is 8.44. The molecule has 0 aliphatic carbocycles. The van der Waals surface area contributed by atoms with Gasteiger partial charge in [-0.05, 0) is 48.8 Å². The lowest BCUT2D eigenvalue weighted by atomic mass is 10.1. The minimum atomic E-state index is 0.0183. The Morgan fingerprint density at radius 3 is 2.72 bits per heavy atom. The van der Waals surface area contributed by atoms with Crippen LogP contribution in [0.5, 0.6) is 0 Å². The van der Waals surface area contributed by atoms with Crippen LogP contribution in [-0.4, -0.2) is 20.7 Å². The van der Waals surface area contributed by atoms with E-state index >= 15 is 0 Å². The summed E-state index contributed by atoms with van der Waals surface area (Å²) < 4.78 is 6.09.